The molecule has 2 aromatic rings. The van der Waals surface area contributed by atoms with Crippen LogP contribution in [0, 0.1) is 5.82 Å². The van der Waals surface area contributed by atoms with Gasteiger partial charge in [-0.1, -0.05) is 0 Å². The second kappa shape index (κ2) is 5.70. The van der Waals surface area contributed by atoms with Crippen molar-refractivity contribution in [2.75, 3.05) is 5.32 Å². The maximum absolute atomic E-state index is 13.7. The number of hydrogen-bond acceptors (Lipinski definition) is 4. The van der Waals surface area contributed by atoms with Crippen LogP contribution in [0.2, 0.25) is 0 Å². The van der Waals surface area contributed by atoms with Crippen LogP contribution < -0.4 is 10.5 Å². The van der Waals surface area contributed by atoms with E-state index in [0.29, 0.717) is 0 Å². The van der Waals surface area contributed by atoms with Gasteiger partial charge in [-0.25, -0.2) is 17.9 Å². The van der Waals surface area contributed by atoms with Crippen LogP contribution in [0.5, 0.6) is 0 Å². The molecule has 0 bridgehead atoms. The Morgan fingerprint density at radius 1 is 1.35 bits per heavy atom. The topological polar surface area (TPSA) is 89.3 Å². The Balaban J connectivity index is 2.12. The van der Waals surface area contributed by atoms with Gasteiger partial charge in [0.2, 0.25) is 15.9 Å². The number of anilines is 1. The predicted octanol–water partition coefficient (Wildman–Crippen LogP) is 1.72. The van der Waals surface area contributed by atoms with Gasteiger partial charge < -0.3 is 5.32 Å². The van der Waals surface area contributed by atoms with Crippen LogP contribution in [-0.2, 0) is 21.2 Å². The van der Waals surface area contributed by atoms with Crippen molar-refractivity contribution in [1.29, 1.82) is 0 Å². The number of thiophene rings is 1. The van der Waals surface area contributed by atoms with Gasteiger partial charge in [-0.05, 0) is 40.6 Å². The van der Waals surface area contributed by atoms with Gasteiger partial charge in [-0.2, -0.15) is 11.3 Å². The zero-order valence-corrected chi connectivity index (χ0v) is 11.8. The smallest absolute Gasteiger partial charge is 0.238 e. The van der Waals surface area contributed by atoms with Crippen molar-refractivity contribution in [1.82, 2.24) is 0 Å². The summed E-state index contributed by atoms with van der Waals surface area (Å²) < 4.78 is 35.8. The summed E-state index contributed by atoms with van der Waals surface area (Å²) in [5.74, 6) is -1.24. The molecule has 0 unspecified atom stereocenters. The second-order valence-electron chi connectivity index (χ2n) is 4.04. The van der Waals surface area contributed by atoms with E-state index in [-0.39, 0.29) is 22.9 Å². The zero-order chi connectivity index (χ0) is 14.8. The Hall–Kier alpha value is -1.77. The summed E-state index contributed by atoms with van der Waals surface area (Å²) in [4.78, 5) is 11.4. The van der Waals surface area contributed by atoms with E-state index in [4.69, 9.17) is 5.14 Å². The lowest BCUT2D eigenvalue weighted by molar-refractivity contribution is -0.115. The average molecular weight is 314 g/mol. The van der Waals surface area contributed by atoms with Crippen molar-refractivity contribution in [3.05, 3.63) is 46.4 Å². The number of rotatable bonds is 4. The predicted molar refractivity (Wildman–Crippen MR) is 74.4 cm³/mol. The number of sulfonamides is 1. The molecule has 1 aromatic heterocycles. The lowest BCUT2D eigenvalue weighted by Gasteiger charge is -2.07. The Morgan fingerprint density at radius 3 is 2.65 bits per heavy atom. The molecular weight excluding hydrogens is 303 g/mol. The number of nitrogens with one attached hydrogen (secondary N) is 1. The van der Waals surface area contributed by atoms with E-state index in [1.54, 1.807) is 6.07 Å². The number of carbonyl (C=O) groups excluding carboxylic acids is 1. The molecule has 20 heavy (non-hydrogen) atoms. The summed E-state index contributed by atoms with van der Waals surface area (Å²) in [5, 5.41) is 10.9. The number of halogens is 1. The van der Waals surface area contributed by atoms with Crippen molar-refractivity contribution in [2.24, 2.45) is 5.14 Å². The first-order valence-electron chi connectivity index (χ1n) is 5.49. The molecule has 5 nitrogen and oxygen atoms in total. The number of nitrogens with two attached hydrogens (primary N) is 1. The minimum atomic E-state index is -3.96. The van der Waals surface area contributed by atoms with Crippen molar-refractivity contribution in [3.63, 3.8) is 0 Å². The highest BCUT2D eigenvalue weighted by Crippen LogP contribution is 2.18. The van der Waals surface area contributed by atoms with Gasteiger partial charge in [0.05, 0.1) is 17.0 Å². The van der Waals surface area contributed by atoms with Gasteiger partial charge in [0.15, 0.2) is 0 Å². The highest BCUT2D eigenvalue weighted by molar-refractivity contribution is 7.89. The van der Waals surface area contributed by atoms with E-state index >= 15 is 0 Å². The van der Waals surface area contributed by atoms with Gasteiger partial charge in [0.1, 0.15) is 5.82 Å². The van der Waals surface area contributed by atoms with Crippen molar-refractivity contribution in [3.8, 4) is 0 Å². The van der Waals surface area contributed by atoms with Gasteiger partial charge in [0.25, 0.3) is 0 Å². The number of hydrogen-bond donors (Lipinski definition) is 2. The number of primary sulfonamides is 1. The molecule has 1 heterocycles. The van der Waals surface area contributed by atoms with Crippen LogP contribution in [0.3, 0.4) is 0 Å². The average Bonchev–Trinajstić information content (AvgIpc) is 2.83. The fourth-order valence-electron chi connectivity index (χ4n) is 1.55. The molecule has 8 heteroatoms. The van der Waals surface area contributed by atoms with Gasteiger partial charge >= 0.3 is 0 Å². The summed E-state index contributed by atoms with van der Waals surface area (Å²) in [6.45, 7) is 0. The summed E-state index contributed by atoms with van der Waals surface area (Å²) in [7, 11) is -3.96. The van der Waals surface area contributed by atoms with Crippen LogP contribution >= 0.6 is 11.3 Å². The van der Waals surface area contributed by atoms with E-state index < -0.39 is 15.8 Å². The minimum absolute atomic E-state index is 0.0855. The maximum atomic E-state index is 13.7. The molecular formula is C12H11FN2O3S2. The molecule has 0 aliphatic carbocycles. The lowest BCUT2D eigenvalue weighted by atomic mass is 10.2. The van der Waals surface area contributed by atoms with Crippen LogP contribution in [0.1, 0.15) is 5.56 Å². The number of amides is 1. The van der Waals surface area contributed by atoms with E-state index in [0.717, 1.165) is 17.7 Å². The highest BCUT2D eigenvalue weighted by Gasteiger charge is 2.13. The van der Waals surface area contributed by atoms with E-state index in [2.05, 4.69) is 5.32 Å². The first kappa shape index (κ1) is 14.6. The molecule has 106 valence electrons. The molecule has 0 spiro atoms. The normalized spacial score (nSPS) is 11.3. The summed E-state index contributed by atoms with van der Waals surface area (Å²) in [5.41, 5.74) is 0.742. The van der Waals surface area contributed by atoms with Crippen molar-refractivity contribution in [2.45, 2.75) is 11.3 Å². The first-order valence-corrected chi connectivity index (χ1v) is 7.98. The number of benzene rings is 1. The summed E-state index contributed by atoms with van der Waals surface area (Å²) in [6, 6.07) is 4.87. The van der Waals surface area contributed by atoms with Crippen molar-refractivity contribution < 1.29 is 17.6 Å². The van der Waals surface area contributed by atoms with Crippen LogP contribution in [0.25, 0.3) is 0 Å². The molecule has 3 N–H and O–H groups in total. The summed E-state index contributed by atoms with van der Waals surface area (Å²) in [6.07, 6.45) is 0.125. The van der Waals surface area contributed by atoms with E-state index in [1.807, 2.05) is 10.8 Å². The van der Waals surface area contributed by atoms with Gasteiger partial charge in [-0.15, -0.1) is 0 Å². The number of carbonyl (C=O) groups is 1. The Labute approximate surface area is 119 Å². The Morgan fingerprint density at radius 2 is 2.10 bits per heavy atom. The Kier molecular flexibility index (Phi) is 4.17. The summed E-state index contributed by atoms with van der Waals surface area (Å²) >= 11 is 1.46. The molecule has 0 saturated carbocycles. The monoisotopic (exact) mass is 314 g/mol. The first-order chi connectivity index (χ1) is 9.36. The standard InChI is InChI=1S/C12H11FN2O3S2/c13-10-6-9(20(14,17)18)1-2-11(10)15-12(16)5-8-3-4-19-7-8/h1-4,6-7H,5H2,(H,15,16)(H2,14,17,18). The highest BCUT2D eigenvalue weighted by atomic mass is 32.2. The molecule has 2 rings (SSSR count). The largest absolute Gasteiger partial charge is 0.323 e. The fraction of sp³-hybridized carbons (Fsp3) is 0.0833. The SMILES string of the molecule is NS(=O)(=O)c1ccc(NC(=O)Cc2ccsc2)c(F)c1. The van der Waals surface area contributed by atoms with Crippen molar-refractivity contribution >= 4 is 33.0 Å². The molecule has 0 aliphatic rings. The van der Waals surface area contributed by atoms with Gasteiger partial charge in [-0.3, -0.25) is 4.79 Å². The van der Waals surface area contributed by atoms with Crippen LogP contribution in [0.15, 0.2) is 39.9 Å². The van der Waals surface area contributed by atoms with E-state index in [1.165, 1.54) is 17.4 Å². The second-order valence-corrected chi connectivity index (χ2v) is 6.38. The molecule has 0 fully saturated rings. The third-order valence-electron chi connectivity index (χ3n) is 2.49. The van der Waals surface area contributed by atoms with Gasteiger partial charge in [0, 0.05) is 0 Å². The van der Waals surface area contributed by atoms with Crippen LogP contribution in [0.4, 0.5) is 10.1 Å². The molecule has 0 atom stereocenters. The van der Waals surface area contributed by atoms with Crippen LogP contribution in [-0.4, -0.2) is 14.3 Å². The zero-order valence-electron chi connectivity index (χ0n) is 10.2. The minimum Gasteiger partial charge on any atom is -0.323 e. The Bertz CT molecular complexity index is 727. The third-order valence-corrected chi connectivity index (χ3v) is 4.13. The molecule has 1 amide bonds. The fourth-order valence-corrected chi connectivity index (χ4v) is 2.74. The lowest BCUT2D eigenvalue weighted by Crippen LogP contribution is -2.16. The molecule has 0 radical (unpaired) electrons. The molecule has 0 aliphatic heterocycles. The quantitative estimate of drug-likeness (QED) is 0.900. The maximum Gasteiger partial charge on any atom is 0.238 e. The third kappa shape index (κ3) is 3.62. The molecule has 1 aromatic carbocycles. The van der Waals surface area contributed by atoms with E-state index in [9.17, 15) is 17.6 Å². The molecule has 0 saturated heterocycles.